The van der Waals surface area contributed by atoms with E-state index in [-0.39, 0.29) is 17.8 Å². The number of carbonyl (C=O) groups is 2. The fraction of sp³-hybridized carbons (Fsp3) is 0.433. The molecule has 1 atom stereocenters. The zero-order valence-electron chi connectivity index (χ0n) is 22.7. The van der Waals surface area contributed by atoms with Gasteiger partial charge < -0.3 is 25.1 Å². The van der Waals surface area contributed by atoms with E-state index < -0.39 is 5.60 Å². The third-order valence-corrected chi connectivity index (χ3v) is 6.52. The van der Waals surface area contributed by atoms with Crippen LogP contribution in [0.3, 0.4) is 0 Å². The summed E-state index contributed by atoms with van der Waals surface area (Å²) in [5.41, 5.74) is 4.78. The summed E-state index contributed by atoms with van der Waals surface area (Å²) in [6, 6.07) is 13.9. The van der Waals surface area contributed by atoms with Crippen LogP contribution in [0.5, 0.6) is 5.75 Å². The Morgan fingerprint density at radius 3 is 2.76 bits per heavy atom. The molecule has 202 valence electrons. The number of hydrogen-bond acceptors (Lipinski definition) is 6. The molecular weight excluding hydrogens is 480 g/mol. The van der Waals surface area contributed by atoms with Gasteiger partial charge in [0.2, 0.25) is 11.9 Å². The molecule has 0 saturated heterocycles. The van der Waals surface area contributed by atoms with Crippen molar-refractivity contribution < 1.29 is 19.1 Å². The monoisotopic (exact) mass is 518 g/mol. The number of methoxy groups -OCH3 is 1. The van der Waals surface area contributed by atoms with E-state index in [0.29, 0.717) is 38.3 Å². The first-order valence-electron chi connectivity index (χ1n) is 13.2. The van der Waals surface area contributed by atoms with Gasteiger partial charge in [0.1, 0.15) is 11.4 Å². The van der Waals surface area contributed by atoms with E-state index in [1.807, 2.05) is 51.1 Å². The normalized spacial score (nSPS) is 15.3. The molecular formula is C30H38N4O4. The molecule has 1 unspecified atom stereocenters. The number of carbonyl (C=O) groups excluding carboxylic acids is 2. The number of imidazole rings is 1. The Labute approximate surface area is 224 Å². The third-order valence-electron chi connectivity index (χ3n) is 6.52. The Balaban J connectivity index is 1.25. The Kier molecular flexibility index (Phi) is 8.71. The fourth-order valence-corrected chi connectivity index (χ4v) is 4.75. The Hall–Kier alpha value is -3.81. The van der Waals surface area contributed by atoms with Gasteiger partial charge >= 0.3 is 5.97 Å². The topological polar surface area (TPSA) is 105 Å². The van der Waals surface area contributed by atoms with Crippen molar-refractivity contribution in [2.75, 3.05) is 25.5 Å². The number of rotatable bonds is 10. The van der Waals surface area contributed by atoms with E-state index in [1.165, 1.54) is 11.1 Å². The van der Waals surface area contributed by atoms with Gasteiger partial charge in [-0.05, 0) is 69.2 Å². The largest absolute Gasteiger partial charge is 0.497 e. The smallest absolute Gasteiger partial charge is 0.306 e. The number of amides is 1. The molecule has 2 aromatic carbocycles. The van der Waals surface area contributed by atoms with E-state index in [4.69, 9.17) is 9.47 Å². The van der Waals surface area contributed by atoms with Gasteiger partial charge in [0, 0.05) is 25.6 Å². The summed E-state index contributed by atoms with van der Waals surface area (Å²) in [5.74, 6) is 1.28. The number of esters is 1. The number of hydrogen-bond donors (Lipinski definition) is 3. The molecule has 0 spiro atoms. The van der Waals surface area contributed by atoms with Crippen LogP contribution in [0.2, 0.25) is 0 Å². The highest BCUT2D eigenvalue weighted by Crippen LogP contribution is 2.34. The molecule has 0 saturated carbocycles. The second-order valence-corrected chi connectivity index (χ2v) is 10.7. The Bertz CT molecular complexity index is 1310. The highest BCUT2D eigenvalue weighted by Gasteiger charge is 2.25. The Morgan fingerprint density at radius 1 is 1.16 bits per heavy atom. The lowest BCUT2D eigenvalue weighted by Gasteiger charge is -2.23. The zero-order valence-corrected chi connectivity index (χ0v) is 22.7. The first kappa shape index (κ1) is 27.2. The van der Waals surface area contributed by atoms with Crippen molar-refractivity contribution in [1.29, 1.82) is 0 Å². The highest BCUT2D eigenvalue weighted by molar-refractivity contribution is 5.79. The van der Waals surface area contributed by atoms with Crippen LogP contribution in [-0.2, 0) is 20.7 Å². The van der Waals surface area contributed by atoms with Crippen molar-refractivity contribution in [3.8, 4) is 5.75 Å². The molecule has 1 amide bonds. The lowest BCUT2D eigenvalue weighted by Crippen LogP contribution is -2.27. The predicted molar refractivity (Wildman–Crippen MR) is 149 cm³/mol. The maximum atomic E-state index is 12.6. The fourth-order valence-electron chi connectivity index (χ4n) is 4.75. The summed E-state index contributed by atoms with van der Waals surface area (Å²) in [6.07, 6.45) is 5.11. The van der Waals surface area contributed by atoms with Crippen LogP contribution in [0.25, 0.3) is 11.0 Å². The number of benzene rings is 2. The van der Waals surface area contributed by atoms with E-state index in [2.05, 4.69) is 38.8 Å². The van der Waals surface area contributed by atoms with Gasteiger partial charge in [-0.15, -0.1) is 0 Å². The molecule has 0 radical (unpaired) electrons. The van der Waals surface area contributed by atoms with E-state index >= 15 is 0 Å². The highest BCUT2D eigenvalue weighted by atomic mass is 16.6. The van der Waals surface area contributed by atoms with Crippen LogP contribution in [0.1, 0.15) is 63.5 Å². The summed E-state index contributed by atoms with van der Waals surface area (Å²) in [5, 5.41) is 6.31. The molecule has 4 rings (SSSR count). The number of anilines is 1. The lowest BCUT2D eigenvalue weighted by atomic mass is 9.88. The number of nitrogens with one attached hydrogen (secondary N) is 3. The molecule has 0 fully saturated rings. The number of H-pyrrole nitrogens is 1. The predicted octanol–water partition coefficient (Wildman–Crippen LogP) is 5.27. The summed E-state index contributed by atoms with van der Waals surface area (Å²) < 4.78 is 10.8. The average Bonchev–Trinajstić information content (AvgIpc) is 3.20. The minimum absolute atomic E-state index is 0.00694. The number of allylic oxidation sites excluding steroid dienone is 1. The molecule has 38 heavy (non-hydrogen) atoms. The molecule has 8 heteroatoms. The van der Waals surface area contributed by atoms with Crippen molar-refractivity contribution in [3.63, 3.8) is 0 Å². The quantitative estimate of drug-likeness (QED) is 0.192. The zero-order chi connectivity index (χ0) is 27.1. The molecule has 1 aromatic heterocycles. The second kappa shape index (κ2) is 12.2. The summed E-state index contributed by atoms with van der Waals surface area (Å²) in [7, 11) is 1.63. The number of aromatic amines is 1. The van der Waals surface area contributed by atoms with Gasteiger partial charge in [-0.3, -0.25) is 9.59 Å². The average molecular weight is 519 g/mol. The van der Waals surface area contributed by atoms with Crippen molar-refractivity contribution >= 4 is 28.9 Å². The Morgan fingerprint density at radius 2 is 1.97 bits per heavy atom. The van der Waals surface area contributed by atoms with Crippen LogP contribution in [-0.4, -0.2) is 47.6 Å². The summed E-state index contributed by atoms with van der Waals surface area (Å²) >= 11 is 0. The van der Waals surface area contributed by atoms with Gasteiger partial charge in [0.25, 0.3) is 0 Å². The van der Waals surface area contributed by atoms with Gasteiger partial charge in [-0.25, -0.2) is 4.98 Å². The van der Waals surface area contributed by atoms with E-state index in [1.54, 1.807) is 7.11 Å². The van der Waals surface area contributed by atoms with Crippen LogP contribution in [0.15, 0.2) is 54.1 Å². The summed E-state index contributed by atoms with van der Waals surface area (Å²) in [6.45, 7) is 6.76. The number of nitrogens with zero attached hydrogens (tertiary/aromatic N) is 1. The van der Waals surface area contributed by atoms with Crippen LogP contribution in [0.4, 0.5) is 5.95 Å². The molecule has 3 N–H and O–H groups in total. The van der Waals surface area contributed by atoms with Crippen LogP contribution >= 0.6 is 0 Å². The van der Waals surface area contributed by atoms with Crippen LogP contribution in [0, 0.1) is 0 Å². The van der Waals surface area contributed by atoms with E-state index in [0.717, 1.165) is 35.2 Å². The molecule has 8 nitrogen and oxygen atoms in total. The number of fused-ring (bicyclic) bond motifs is 2. The van der Waals surface area contributed by atoms with Gasteiger partial charge in [-0.2, -0.15) is 0 Å². The first-order valence-corrected chi connectivity index (χ1v) is 13.2. The van der Waals surface area contributed by atoms with Crippen LogP contribution < -0.4 is 15.4 Å². The standard InChI is InChI=1S/C30H38N4O4/c1-30(2,3)38-28(36)17-22-16-20(11-12-21-8-5-6-9-24(21)22)19-32-27(35)10-7-15-31-29-33-25-14-13-23(37-4)18-26(25)34-29/h5-6,8-9,11,13-14,18,22H,7,10,12,15-17,19H2,1-4H3,(H,32,35)(H2,31,33,34). The van der Waals surface area contributed by atoms with Crippen molar-refractivity contribution in [2.45, 2.75) is 64.4 Å². The van der Waals surface area contributed by atoms with Crippen molar-refractivity contribution in [2.24, 2.45) is 0 Å². The number of aromatic nitrogens is 2. The molecule has 1 heterocycles. The van der Waals surface area contributed by atoms with Crippen molar-refractivity contribution in [3.05, 3.63) is 65.2 Å². The van der Waals surface area contributed by atoms with E-state index in [9.17, 15) is 9.59 Å². The molecule has 1 aliphatic carbocycles. The van der Waals surface area contributed by atoms with Gasteiger partial charge in [-0.1, -0.05) is 35.9 Å². The first-order chi connectivity index (χ1) is 18.2. The summed E-state index contributed by atoms with van der Waals surface area (Å²) in [4.78, 5) is 32.9. The second-order valence-electron chi connectivity index (χ2n) is 10.7. The third kappa shape index (κ3) is 7.60. The molecule has 0 aliphatic heterocycles. The minimum Gasteiger partial charge on any atom is -0.497 e. The maximum Gasteiger partial charge on any atom is 0.306 e. The number of ether oxygens (including phenoxy) is 2. The molecule has 3 aromatic rings. The van der Waals surface area contributed by atoms with Gasteiger partial charge in [0.05, 0.1) is 24.6 Å². The lowest BCUT2D eigenvalue weighted by molar-refractivity contribution is -0.155. The minimum atomic E-state index is -0.513. The SMILES string of the molecule is COc1ccc2nc(NCCCC(=O)NCC3=CCc4ccccc4C(CC(=O)OC(C)(C)C)C3)[nH]c2c1. The molecule has 1 aliphatic rings. The maximum absolute atomic E-state index is 12.6. The van der Waals surface area contributed by atoms with Crippen molar-refractivity contribution in [1.82, 2.24) is 15.3 Å². The van der Waals surface area contributed by atoms with Gasteiger partial charge in [0.15, 0.2) is 0 Å². The molecule has 0 bridgehead atoms.